The fraction of sp³-hybridized carbons (Fsp3) is 0.304. The molecule has 190 valence electrons. The summed E-state index contributed by atoms with van der Waals surface area (Å²) in [6, 6.07) is 7.05. The highest BCUT2D eigenvalue weighted by molar-refractivity contribution is 9.10. The number of amides is 1. The third kappa shape index (κ3) is 6.16. The van der Waals surface area contributed by atoms with Gasteiger partial charge in [0.2, 0.25) is 0 Å². The second-order valence-electron chi connectivity index (χ2n) is 8.17. The van der Waals surface area contributed by atoms with E-state index in [2.05, 4.69) is 46.8 Å². The minimum absolute atomic E-state index is 0.100. The molecule has 36 heavy (non-hydrogen) atoms. The van der Waals surface area contributed by atoms with Crippen molar-refractivity contribution in [2.24, 2.45) is 0 Å². The number of carbonyl (C=O) groups is 1. The monoisotopic (exact) mass is 566 g/mol. The fourth-order valence-corrected chi connectivity index (χ4v) is 4.05. The molecular formula is C23H22BrF3N6O3. The largest absolute Gasteiger partial charge is 0.418 e. The number of aliphatic hydroxyl groups excluding tert-OH is 1. The Kier molecular flexibility index (Phi) is 7.83. The molecule has 0 saturated carbocycles. The number of nitrogens with zero attached hydrogens (tertiary/aromatic N) is 3. The molecule has 1 fully saturated rings. The lowest BCUT2D eigenvalue weighted by atomic mass is 9.95. The molecule has 2 aromatic heterocycles. The van der Waals surface area contributed by atoms with Crippen LogP contribution in [0.3, 0.4) is 0 Å². The van der Waals surface area contributed by atoms with Crippen molar-refractivity contribution >= 4 is 33.2 Å². The van der Waals surface area contributed by atoms with E-state index in [9.17, 15) is 23.1 Å². The van der Waals surface area contributed by atoms with Crippen molar-refractivity contribution in [2.75, 3.05) is 18.5 Å². The predicted octanol–water partition coefficient (Wildman–Crippen LogP) is 3.39. The number of pyridine rings is 1. The van der Waals surface area contributed by atoms with E-state index in [1.807, 2.05) is 0 Å². The quantitative estimate of drug-likeness (QED) is 0.306. The van der Waals surface area contributed by atoms with Crippen molar-refractivity contribution in [1.82, 2.24) is 25.6 Å². The highest BCUT2D eigenvalue weighted by Gasteiger charge is 2.43. The molecule has 1 aliphatic heterocycles. The fourth-order valence-electron chi connectivity index (χ4n) is 3.69. The predicted molar refractivity (Wildman–Crippen MR) is 127 cm³/mol. The molecule has 3 aromatic rings. The summed E-state index contributed by atoms with van der Waals surface area (Å²) in [4.78, 5) is 24.5. The number of carbonyl (C=O) groups excluding carboxylic acids is 1. The Morgan fingerprint density at radius 2 is 1.97 bits per heavy atom. The molecule has 1 aromatic carbocycles. The molecule has 9 nitrogen and oxygen atoms in total. The highest BCUT2D eigenvalue weighted by atomic mass is 79.9. The van der Waals surface area contributed by atoms with E-state index in [0.717, 1.165) is 6.07 Å². The van der Waals surface area contributed by atoms with Crippen LogP contribution in [0, 0.1) is 0 Å². The number of aliphatic hydroxyl groups is 1. The zero-order chi connectivity index (χ0) is 25.8. The molecule has 2 atom stereocenters. The third-order valence-corrected chi connectivity index (χ3v) is 6.12. The van der Waals surface area contributed by atoms with Gasteiger partial charge in [-0.2, -0.15) is 13.2 Å². The van der Waals surface area contributed by atoms with Crippen molar-refractivity contribution < 1.29 is 27.8 Å². The van der Waals surface area contributed by atoms with E-state index in [1.165, 1.54) is 37.1 Å². The van der Waals surface area contributed by atoms with Gasteiger partial charge in [-0.05, 0) is 36.8 Å². The Morgan fingerprint density at radius 3 is 2.61 bits per heavy atom. The van der Waals surface area contributed by atoms with Crippen LogP contribution >= 0.6 is 15.9 Å². The summed E-state index contributed by atoms with van der Waals surface area (Å²) in [5.41, 5.74) is -0.826. The molecular weight excluding hydrogens is 545 g/mol. The first-order valence-electron chi connectivity index (χ1n) is 10.8. The van der Waals surface area contributed by atoms with Crippen molar-refractivity contribution in [2.45, 2.75) is 30.9 Å². The lowest BCUT2D eigenvalue weighted by Gasteiger charge is -2.34. The van der Waals surface area contributed by atoms with Gasteiger partial charge >= 0.3 is 6.18 Å². The molecule has 4 rings (SSSR count). The number of benzene rings is 1. The number of hydrogen-bond acceptors (Lipinski definition) is 8. The summed E-state index contributed by atoms with van der Waals surface area (Å²) in [5, 5.41) is 19.3. The average Bonchev–Trinajstić information content (AvgIpc) is 3.34. The maximum absolute atomic E-state index is 13.4. The van der Waals surface area contributed by atoms with Gasteiger partial charge in [-0.15, -0.1) is 0 Å². The van der Waals surface area contributed by atoms with Gasteiger partial charge in [-0.25, -0.2) is 9.97 Å². The van der Waals surface area contributed by atoms with Gasteiger partial charge in [0.25, 0.3) is 5.91 Å². The molecule has 0 aliphatic carbocycles. The van der Waals surface area contributed by atoms with Crippen molar-refractivity contribution in [3.05, 3.63) is 76.5 Å². The Balaban J connectivity index is 1.39. The van der Waals surface area contributed by atoms with Gasteiger partial charge < -0.3 is 20.5 Å². The van der Waals surface area contributed by atoms with Crippen LogP contribution in [0.25, 0.3) is 0 Å². The van der Waals surface area contributed by atoms with E-state index < -0.39 is 29.4 Å². The molecule has 0 bridgehead atoms. The first-order chi connectivity index (χ1) is 17.2. The second-order valence-corrected chi connectivity index (χ2v) is 9.09. The number of anilines is 2. The molecule has 4 N–H and O–H groups in total. The summed E-state index contributed by atoms with van der Waals surface area (Å²) in [6.45, 7) is 0.601. The Labute approximate surface area is 212 Å². The Bertz CT molecular complexity index is 1190. The maximum Gasteiger partial charge on any atom is 0.418 e. The third-order valence-electron chi connectivity index (χ3n) is 5.63. The van der Waals surface area contributed by atoms with Crippen LogP contribution in [-0.4, -0.2) is 50.9 Å². The van der Waals surface area contributed by atoms with Gasteiger partial charge in [0.15, 0.2) is 0 Å². The number of ether oxygens (including phenoxy) is 1. The van der Waals surface area contributed by atoms with Crippen molar-refractivity contribution in [3.63, 3.8) is 0 Å². The summed E-state index contributed by atoms with van der Waals surface area (Å²) in [5.74, 6) is -0.443. The van der Waals surface area contributed by atoms with Crippen LogP contribution in [0.1, 0.15) is 28.0 Å². The van der Waals surface area contributed by atoms with Crippen LogP contribution in [-0.2, 0) is 17.5 Å². The first-order valence-corrected chi connectivity index (χ1v) is 11.6. The standard InChI is InChI=1S/C23H22BrF3N6O3/c24-15-1-4-19(18(7-15)23(25,26)27)32-17-3-2-16(30-11-17)10-31-21(35)22(5-6-36-12-22)33-20(34)14-8-28-13-29-9-14/h1-4,7-9,11,13,21,31-32,35H,5-6,10,12H2,(H,33,34)/t21?,22-/m0/s1. The average molecular weight is 567 g/mol. The number of hydrogen-bond donors (Lipinski definition) is 4. The molecule has 1 aliphatic rings. The molecule has 1 saturated heterocycles. The minimum atomic E-state index is -4.53. The molecule has 0 radical (unpaired) electrons. The van der Waals surface area contributed by atoms with Gasteiger partial charge in [0.1, 0.15) is 18.1 Å². The van der Waals surface area contributed by atoms with Crippen LogP contribution < -0.4 is 16.0 Å². The minimum Gasteiger partial charge on any atom is -0.379 e. The van der Waals surface area contributed by atoms with Gasteiger partial charge in [0.05, 0.1) is 41.0 Å². The molecule has 0 spiro atoms. The van der Waals surface area contributed by atoms with E-state index in [1.54, 1.807) is 12.1 Å². The van der Waals surface area contributed by atoms with Crippen LogP contribution in [0.4, 0.5) is 24.5 Å². The Morgan fingerprint density at radius 1 is 1.19 bits per heavy atom. The van der Waals surface area contributed by atoms with E-state index in [-0.39, 0.29) is 24.4 Å². The van der Waals surface area contributed by atoms with Crippen molar-refractivity contribution in [3.8, 4) is 0 Å². The zero-order valence-electron chi connectivity index (χ0n) is 18.7. The number of nitrogens with one attached hydrogen (secondary N) is 3. The van der Waals surface area contributed by atoms with Crippen LogP contribution in [0.2, 0.25) is 0 Å². The smallest absolute Gasteiger partial charge is 0.379 e. The van der Waals surface area contributed by atoms with E-state index >= 15 is 0 Å². The summed E-state index contributed by atoms with van der Waals surface area (Å²) in [7, 11) is 0. The zero-order valence-corrected chi connectivity index (χ0v) is 20.3. The van der Waals surface area contributed by atoms with Crippen molar-refractivity contribution in [1.29, 1.82) is 0 Å². The molecule has 1 amide bonds. The van der Waals surface area contributed by atoms with Gasteiger partial charge in [-0.1, -0.05) is 15.9 Å². The lowest BCUT2D eigenvalue weighted by Crippen LogP contribution is -2.62. The summed E-state index contributed by atoms with van der Waals surface area (Å²) >= 11 is 3.06. The second kappa shape index (κ2) is 10.9. The topological polar surface area (TPSA) is 121 Å². The van der Waals surface area contributed by atoms with Gasteiger partial charge in [-0.3, -0.25) is 15.1 Å². The Hall–Kier alpha value is -3.13. The first kappa shape index (κ1) is 25.9. The maximum atomic E-state index is 13.4. The van der Waals surface area contributed by atoms with Crippen LogP contribution in [0.15, 0.2) is 59.7 Å². The number of aromatic nitrogens is 3. The van der Waals surface area contributed by atoms with E-state index in [0.29, 0.717) is 28.9 Å². The highest BCUT2D eigenvalue weighted by Crippen LogP contribution is 2.37. The molecule has 3 heterocycles. The SMILES string of the molecule is O=C(N[C@@]1(C(O)NCc2ccc(Nc3ccc(Br)cc3C(F)(F)F)cn2)CCOC1)c1cncnc1. The molecule has 13 heteroatoms. The molecule has 1 unspecified atom stereocenters. The number of rotatable bonds is 8. The van der Waals surface area contributed by atoms with Crippen LogP contribution in [0.5, 0.6) is 0 Å². The number of alkyl halides is 3. The number of halogens is 4. The summed E-state index contributed by atoms with van der Waals surface area (Å²) < 4.78 is 45.8. The van der Waals surface area contributed by atoms with Gasteiger partial charge in [0, 0.05) is 30.0 Å². The summed E-state index contributed by atoms with van der Waals surface area (Å²) in [6.07, 6.45) is 0.147. The normalized spacial score (nSPS) is 18.6. The lowest BCUT2D eigenvalue weighted by molar-refractivity contribution is -0.137. The van der Waals surface area contributed by atoms with E-state index in [4.69, 9.17) is 4.74 Å².